The number of aliphatic carboxylic acids is 1. The third-order valence-corrected chi connectivity index (χ3v) is 9.05. The molecule has 0 saturated heterocycles. The van der Waals surface area contributed by atoms with Crippen LogP contribution < -0.4 is 0 Å². The average molecular weight is 476 g/mol. The molecule has 0 aliphatic heterocycles. The Morgan fingerprint density at radius 2 is 1.76 bits per heavy atom. The van der Waals surface area contributed by atoms with Crippen molar-refractivity contribution in [3.05, 3.63) is 11.6 Å². The minimum absolute atomic E-state index is 0.0117. The quantitative estimate of drug-likeness (QED) is 0.347. The molecule has 0 amide bonds. The van der Waals surface area contributed by atoms with E-state index in [-0.39, 0.29) is 53.9 Å². The summed E-state index contributed by atoms with van der Waals surface area (Å²) in [7, 11) is 0. The van der Waals surface area contributed by atoms with Gasteiger partial charge in [0.2, 0.25) is 0 Å². The van der Waals surface area contributed by atoms with Crippen LogP contribution in [-0.4, -0.2) is 47.5 Å². The molecule has 3 fully saturated rings. The number of hydrogen-bond donors (Lipinski definition) is 1. The Kier molecular flexibility index (Phi) is 6.80. The third kappa shape index (κ3) is 4.48. The van der Waals surface area contributed by atoms with Crippen LogP contribution in [0.2, 0.25) is 0 Å². The van der Waals surface area contributed by atoms with Gasteiger partial charge in [-0.1, -0.05) is 24.6 Å². The summed E-state index contributed by atoms with van der Waals surface area (Å²) in [5.41, 5.74) is 1.96. The lowest BCUT2D eigenvalue weighted by Gasteiger charge is -2.57. The highest BCUT2D eigenvalue weighted by molar-refractivity contribution is 5.99. The molecule has 188 valence electrons. The summed E-state index contributed by atoms with van der Waals surface area (Å²) < 4.78 is 11.3. The Hall–Kier alpha value is -2.38. The van der Waals surface area contributed by atoms with Crippen molar-refractivity contribution >= 4 is 23.6 Å². The minimum Gasteiger partial charge on any atom is -0.481 e. The number of carbonyl (C=O) groups excluding carboxylic acids is 2. The third-order valence-electron chi connectivity index (χ3n) is 9.05. The lowest BCUT2D eigenvalue weighted by atomic mass is 9.47. The van der Waals surface area contributed by atoms with Crippen molar-refractivity contribution in [1.29, 1.82) is 0 Å². The Labute approximate surface area is 201 Å². The molecule has 1 N–H and O–H groups in total. The number of esters is 2. The first-order valence-corrected chi connectivity index (χ1v) is 12.5. The Balaban J connectivity index is 1.67. The molecule has 7 atom stereocenters. The molecule has 0 heterocycles. The van der Waals surface area contributed by atoms with Crippen molar-refractivity contribution in [2.75, 3.05) is 6.61 Å². The number of allylic oxidation sites excluding steroid dienone is 1. The predicted octanol–water partition coefficient (Wildman–Crippen LogP) is 4.27. The lowest BCUT2D eigenvalue weighted by Crippen LogP contribution is -2.54. The number of nitrogens with zero attached hydrogens (tertiary/aromatic N) is 1. The number of ether oxygens (including phenoxy) is 2. The summed E-state index contributed by atoms with van der Waals surface area (Å²) in [4.78, 5) is 39.8. The maximum Gasteiger partial charge on any atom is 0.306 e. The SMILES string of the molecule is CC(=O)O[C@H]1CC[C@@]2(C)C(=C/C(=N/OCCC(=O)O)C3C2CC[C@@]2(C)C3CC[C@@H]2OC(C)=O)C1. The number of carboxylic acid groups (broad SMARTS) is 1. The molecule has 4 aliphatic rings. The van der Waals surface area contributed by atoms with E-state index in [0.717, 1.165) is 44.2 Å². The largest absolute Gasteiger partial charge is 0.481 e. The fraction of sp³-hybridized carbons (Fsp3) is 0.769. The van der Waals surface area contributed by atoms with E-state index in [9.17, 15) is 14.4 Å². The molecular weight excluding hydrogens is 438 g/mol. The van der Waals surface area contributed by atoms with Gasteiger partial charge in [0.15, 0.2) is 0 Å². The van der Waals surface area contributed by atoms with E-state index < -0.39 is 5.97 Å². The van der Waals surface area contributed by atoms with Crippen LogP contribution in [0, 0.1) is 28.6 Å². The molecule has 4 rings (SSSR count). The number of carbonyl (C=O) groups is 3. The predicted molar refractivity (Wildman–Crippen MR) is 124 cm³/mol. The lowest BCUT2D eigenvalue weighted by molar-refractivity contribution is -0.155. The van der Waals surface area contributed by atoms with E-state index in [4.69, 9.17) is 19.4 Å². The molecule has 0 aromatic heterocycles. The van der Waals surface area contributed by atoms with Gasteiger partial charge in [0, 0.05) is 31.6 Å². The molecule has 4 aliphatic carbocycles. The second-order valence-corrected chi connectivity index (χ2v) is 11.0. The first-order valence-electron chi connectivity index (χ1n) is 12.5. The van der Waals surface area contributed by atoms with Crippen LogP contribution in [0.1, 0.15) is 79.1 Å². The highest BCUT2D eigenvalue weighted by Gasteiger charge is 2.61. The monoisotopic (exact) mass is 475 g/mol. The summed E-state index contributed by atoms with van der Waals surface area (Å²) >= 11 is 0. The summed E-state index contributed by atoms with van der Waals surface area (Å²) in [6, 6.07) is 0. The van der Waals surface area contributed by atoms with E-state index in [1.807, 2.05) is 0 Å². The normalized spacial score (nSPS) is 39.8. The summed E-state index contributed by atoms with van der Waals surface area (Å²) in [5, 5.41) is 13.4. The van der Waals surface area contributed by atoms with E-state index in [0.29, 0.717) is 18.3 Å². The molecule has 0 radical (unpaired) electrons. The van der Waals surface area contributed by atoms with Crippen LogP contribution >= 0.6 is 0 Å². The summed E-state index contributed by atoms with van der Waals surface area (Å²) in [6.45, 7) is 7.53. The Morgan fingerprint density at radius 1 is 1.03 bits per heavy atom. The van der Waals surface area contributed by atoms with Gasteiger partial charge in [0.1, 0.15) is 18.8 Å². The van der Waals surface area contributed by atoms with Gasteiger partial charge in [-0.25, -0.2) is 0 Å². The van der Waals surface area contributed by atoms with E-state index >= 15 is 0 Å². The van der Waals surface area contributed by atoms with Crippen molar-refractivity contribution < 1.29 is 33.8 Å². The minimum atomic E-state index is -0.922. The van der Waals surface area contributed by atoms with Gasteiger partial charge < -0.3 is 19.4 Å². The number of oxime groups is 1. The zero-order valence-corrected chi connectivity index (χ0v) is 20.7. The van der Waals surface area contributed by atoms with Gasteiger partial charge in [0.05, 0.1) is 12.1 Å². The van der Waals surface area contributed by atoms with Gasteiger partial charge in [-0.3, -0.25) is 14.4 Å². The van der Waals surface area contributed by atoms with E-state index in [2.05, 4.69) is 25.1 Å². The van der Waals surface area contributed by atoms with Crippen molar-refractivity contribution in [3.63, 3.8) is 0 Å². The number of rotatable bonds is 6. The standard InChI is InChI=1S/C26H37NO7/c1-15(28)33-18-7-10-25(3)17(13-18)14-21(27-32-12-9-23(30)31)24-19-5-6-22(34-16(2)29)26(19,4)11-8-20(24)25/h14,18-20,22,24H,5-13H2,1-4H3,(H,30,31)/b27-21-/t18-,19?,20?,22-,24?,25-,26-/m0/s1. The maximum absolute atomic E-state index is 11.8. The van der Waals surface area contributed by atoms with Crippen molar-refractivity contribution in [1.82, 2.24) is 0 Å². The van der Waals surface area contributed by atoms with Crippen LogP contribution in [-0.2, 0) is 28.7 Å². The van der Waals surface area contributed by atoms with E-state index in [1.54, 1.807) is 0 Å². The molecule has 3 unspecified atom stereocenters. The van der Waals surface area contributed by atoms with Crippen LogP contribution in [0.15, 0.2) is 16.8 Å². The zero-order valence-electron chi connectivity index (χ0n) is 20.7. The van der Waals surface area contributed by atoms with Gasteiger partial charge in [-0.15, -0.1) is 0 Å². The molecule has 0 aromatic rings. The van der Waals surface area contributed by atoms with Crippen molar-refractivity contribution in [2.45, 2.75) is 91.3 Å². The van der Waals surface area contributed by atoms with Gasteiger partial charge in [-0.2, -0.15) is 0 Å². The van der Waals surface area contributed by atoms with Crippen LogP contribution in [0.3, 0.4) is 0 Å². The van der Waals surface area contributed by atoms with Crippen LogP contribution in [0.4, 0.5) is 0 Å². The van der Waals surface area contributed by atoms with Gasteiger partial charge >= 0.3 is 17.9 Å². The number of fused-ring (bicyclic) bond motifs is 5. The number of hydrogen-bond acceptors (Lipinski definition) is 7. The van der Waals surface area contributed by atoms with E-state index in [1.165, 1.54) is 19.4 Å². The zero-order chi connectivity index (χ0) is 24.7. The first-order chi connectivity index (χ1) is 16.0. The Bertz CT molecular complexity index is 911. The molecule has 8 nitrogen and oxygen atoms in total. The first kappa shape index (κ1) is 24.7. The fourth-order valence-electron chi connectivity index (χ4n) is 7.41. The smallest absolute Gasteiger partial charge is 0.306 e. The topological polar surface area (TPSA) is 111 Å². The molecule has 0 aromatic carbocycles. The molecular formula is C26H37NO7. The molecule has 8 heteroatoms. The van der Waals surface area contributed by atoms with Gasteiger partial charge in [0.25, 0.3) is 0 Å². The fourth-order valence-corrected chi connectivity index (χ4v) is 7.41. The molecule has 34 heavy (non-hydrogen) atoms. The second kappa shape index (κ2) is 9.34. The van der Waals surface area contributed by atoms with Crippen molar-refractivity contribution in [2.24, 2.45) is 33.7 Å². The number of carboxylic acids is 1. The highest BCUT2D eigenvalue weighted by Crippen LogP contribution is 2.64. The van der Waals surface area contributed by atoms with Gasteiger partial charge in [-0.05, 0) is 61.9 Å². The van der Waals surface area contributed by atoms with Crippen molar-refractivity contribution in [3.8, 4) is 0 Å². The molecule has 0 spiro atoms. The second-order valence-electron chi connectivity index (χ2n) is 11.0. The molecule has 0 bridgehead atoms. The maximum atomic E-state index is 11.8. The Morgan fingerprint density at radius 3 is 2.44 bits per heavy atom. The summed E-state index contributed by atoms with van der Waals surface area (Å²) in [5.74, 6) is -0.594. The highest BCUT2D eigenvalue weighted by atomic mass is 16.6. The summed E-state index contributed by atoms with van der Waals surface area (Å²) in [6.07, 6.45) is 8.06. The van der Waals surface area contributed by atoms with Crippen LogP contribution in [0.5, 0.6) is 0 Å². The molecule has 3 saturated carbocycles. The average Bonchev–Trinajstić information content (AvgIpc) is 3.07. The van der Waals surface area contributed by atoms with Crippen LogP contribution in [0.25, 0.3) is 0 Å².